The van der Waals surface area contributed by atoms with Gasteiger partial charge in [-0.3, -0.25) is 14.3 Å². The van der Waals surface area contributed by atoms with Crippen LogP contribution in [0.3, 0.4) is 0 Å². The van der Waals surface area contributed by atoms with E-state index < -0.39 is 5.69 Å². The predicted octanol–water partition coefficient (Wildman–Crippen LogP) is 2.49. The fraction of sp³-hybridized carbons (Fsp3) is 0.737. The number of rotatable bonds is 6. The van der Waals surface area contributed by atoms with Crippen molar-refractivity contribution in [3.8, 4) is 0 Å². The van der Waals surface area contributed by atoms with Crippen LogP contribution in [0.25, 0.3) is 11.2 Å². The van der Waals surface area contributed by atoms with Gasteiger partial charge in [0.1, 0.15) is 0 Å². The summed E-state index contributed by atoms with van der Waals surface area (Å²) < 4.78 is 3.48. The SMILES string of the molecule is CCCCCCn1c(N2C[C@H](C)C[C@@H](C)C2)nc2c1c(=O)[nH]c(=O)n2C. The molecule has 7 nitrogen and oxygen atoms in total. The average molecular weight is 361 g/mol. The van der Waals surface area contributed by atoms with Gasteiger partial charge in [0.25, 0.3) is 5.56 Å². The van der Waals surface area contributed by atoms with Gasteiger partial charge in [-0.1, -0.05) is 40.0 Å². The van der Waals surface area contributed by atoms with Crippen LogP contribution in [0.2, 0.25) is 0 Å². The molecule has 3 heterocycles. The number of fused-ring (bicyclic) bond motifs is 1. The minimum absolute atomic E-state index is 0.338. The summed E-state index contributed by atoms with van der Waals surface area (Å²) in [4.78, 5) is 34.0. The molecule has 7 heteroatoms. The molecule has 0 aliphatic carbocycles. The van der Waals surface area contributed by atoms with Gasteiger partial charge in [0.15, 0.2) is 11.2 Å². The number of aryl methyl sites for hydroxylation is 2. The van der Waals surface area contributed by atoms with E-state index in [1.807, 2.05) is 4.57 Å². The van der Waals surface area contributed by atoms with Gasteiger partial charge in [0.05, 0.1) is 0 Å². The summed E-state index contributed by atoms with van der Waals surface area (Å²) in [6.45, 7) is 9.35. The van der Waals surface area contributed by atoms with E-state index in [0.29, 0.717) is 23.0 Å². The van der Waals surface area contributed by atoms with E-state index in [4.69, 9.17) is 4.98 Å². The molecule has 0 spiro atoms. The first kappa shape index (κ1) is 18.7. The average Bonchev–Trinajstić information content (AvgIpc) is 2.96. The van der Waals surface area contributed by atoms with E-state index in [9.17, 15) is 9.59 Å². The number of aromatic amines is 1. The molecule has 2 aromatic heterocycles. The van der Waals surface area contributed by atoms with Crippen LogP contribution in [-0.2, 0) is 13.6 Å². The van der Waals surface area contributed by atoms with Crippen molar-refractivity contribution in [2.75, 3.05) is 18.0 Å². The smallest absolute Gasteiger partial charge is 0.329 e. The second-order valence-electron chi connectivity index (χ2n) is 7.97. The molecule has 144 valence electrons. The maximum absolute atomic E-state index is 12.5. The molecule has 0 aromatic carbocycles. The first-order valence-electron chi connectivity index (χ1n) is 9.86. The monoisotopic (exact) mass is 361 g/mol. The summed E-state index contributed by atoms with van der Waals surface area (Å²) in [7, 11) is 1.67. The lowest BCUT2D eigenvalue weighted by molar-refractivity contribution is 0.351. The van der Waals surface area contributed by atoms with Crippen molar-refractivity contribution >= 4 is 17.1 Å². The summed E-state index contributed by atoms with van der Waals surface area (Å²) in [5.41, 5.74) is 0.250. The molecule has 1 aliphatic heterocycles. The fourth-order valence-electron chi connectivity index (χ4n) is 4.20. The Morgan fingerprint density at radius 2 is 1.81 bits per heavy atom. The van der Waals surface area contributed by atoms with Gasteiger partial charge in [-0.05, 0) is 24.7 Å². The van der Waals surface area contributed by atoms with Gasteiger partial charge >= 0.3 is 5.69 Å². The Bertz CT molecular complexity index is 868. The third kappa shape index (κ3) is 3.57. The van der Waals surface area contributed by atoms with Crippen molar-refractivity contribution < 1.29 is 0 Å². The highest BCUT2D eigenvalue weighted by Crippen LogP contribution is 2.28. The van der Waals surface area contributed by atoms with Crippen LogP contribution >= 0.6 is 0 Å². The van der Waals surface area contributed by atoms with E-state index in [-0.39, 0.29) is 5.56 Å². The molecule has 1 aliphatic rings. The number of hydrogen-bond acceptors (Lipinski definition) is 4. The minimum atomic E-state index is -0.412. The molecule has 0 saturated carbocycles. The van der Waals surface area contributed by atoms with Crippen LogP contribution in [0, 0.1) is 11.8 Å². The topological polar surface area (TPSA) is 75.9 Å². The first-order chi connectivity index (χ1) is 12.4. The number of H-pyrrole nitrogens is 1. The molecule has 2 aromatic rings. The van der Waals surface area contributed by atoms with E-state index >= 15 is 0 Å². The van der Waals surface area contributed by atoms with Crippen molar-refractivity contribution in [3.05, 3.63) is 20.8 Å². The Morgan fingerprint density at radius 1 is 1.12 bits per heavy atom. The van der Waals surface area contributed by atoms with Crippen molar-refractivity contribution in [2.45, 2.75) is 59.4 Å². The summed E-state index contributed by atoms with van der Waals surface area (Å²) in [6.07, 6.45) is 5.72. The van der Waals surface area contributed by atoms with Gasteiger partial charge in [-0.2, -0.15) is 4.98 Å². The molecule has 0 unspecified atom stereocenters. The second kappa shape index (κ2) is 7.68. The quantitative estimate of drug-likeness (QED) is 0.802. The third-order valence-corrected chi connectivity index (χ3v) is 5.37. The van der Waals surface area contributed by atoms with Gasteiger partial charge in [-0.25, -0.2) is 4.79 Å². The van der Waals surface area contributed by atoms with Crippen LogP contribution < -0.4 is 16.1 Å². The van der Waals surface area contributed by atoms with Crippen LogP contribution in [0.1, 0.15) is 52.9 Å². The molecular weight excluding hydrogens is 330 g/mol. The highest BCUT2D eigenvalue weighted by molar-refractivity contribution is 5.74. The van der Waals surface area contributed by atoms with Gasteiger partial charge in [0, 0.05) is 26.7 Å². The summed E-state index contributed by atoms with van der Waals surface area (Å²) in [5, 5.41) is 0. The maximum atomic E-state index is 12.5. The number of hydrogen-bond donors (Lipinski definition) is 1. The van der Waals surface area contributed by atoms with E-state index in [0.717, 1.165) is 38.4 Å². The van der Waals surface area contributed by atoms with Crippen molar-refractivity contribution in [3.63, 3.8) is 0 Å². The van der Waals surface area contributed by atoms with Crippen LogP contribution in [0.15, 0.2) is 9.59 Å². The van der Waals surface area contributed by atoms with E-state index in [2.05, 4.69) is 30.7 Å². The lowest BCUT2D eigenvalue weighted by Crippen LogP contribution is -2.40. The molecule has 3 rings (SSSR count). The Kier molecular flexibility index (Phi) is 5.53. The number of piperidine rings is 1. The molecule has 1 N–H and O–H groups in total. The van der Waals surface area contributed by atoms with Crippen LogP contribution in [-0.4, -0.2) is 32.2 Å². The van der Waals surface area contributed by atoms with E-state index in [1.54, 1.807) is 7.05 Å². The Hall–Kier alpha value is -2.05. The van der Waals surface area contributed by atoms with Crippen LogP contribution in [0.4, 0.5) is 5.95 Å². The third-order valence-electron chi connectivity index (χ3n) is 5.37. The number of aromatic nitrogens is 4. The van der Waals surface area contributed by atoms with Gasteiger partial charge in [0.2, 0.25) is 5.95 Å². The molecule has 1 saturated heterocycles. The fourth-order valence-corrected chi connectivity index (χ4v) is 4.20. The zero-order valence-electron chi connectivity index (χ0n) is 16.4. The highest BCUT2D eigenvalue weighted by atomic mass is 16.2. The van der Waals surface area contributed by atoms with Gasteiger partial charge < -0.3 is 9.47 Å². The summed E-state index contributed by atoms with van der Waals surface area (Å²) in [5.74, 6) is 2.02. The molecule has 26 heavy (non-hydrogen) atoms. The summed E-state index contributed by atoms with van der Waals surface area (Å²) in [6, 6.07) is 0. The highest BCUT2D eigenvalue weighted by Gasteiger charge is 2.27. The molecular formula is C19H31N5O2. The lowest BCUT2D eigenvalue weighted by atomic mass is 9.92. The number of anilines is 1. The minimum Gasteiger partial charge on any atom is -0.342 e. The normalized spacial score (nSPS) is 20.8. The molecule has 0 amide bonds. The largest absolute Gasteiger partial charge is 0.342 e. The van der Waals surface area contributed by atoms with Crippen molar-refractivity contribution in [1.82, 2.24) is 19.1 Å². The Morgan fingerprint density at radius 3 is 2.46 bits per heavy atom. The predicted molar refractivity (Wildman–Crippen MR) is 105 cm³/mol. The molecule has 0 radical (unpaired) electrons. The zero-order chi connectivity index (χ0) is 18.8. The standard InChI is InChI=1S/C19H31N5O2/c1-5-6-7-8-9-24-15-16(22(4)19(26)21-17(15)25)20-18(24)23-11-13(2)10-14(3)12-23/h13-14H,5-12H2,1-4H3,(H,21,25,26)/t13-,14-/m1/s1. The lowest BCUT2D eigenvalue weighted by Gasteiger charge is -2.35. The number of nitrogens with zero attached hydrogens (tertiary/aromatic N) is 4. The Balaban J connectivity index is 2.08. The summed E-state index contributed by atoms with van der Waals surface area (Å²) >= 11 is 0. The van der Waals surface area contributed by atoms with Gasteiger partial charge in [-0.15, -0.1) is 0 Å². The van der Waals surface area contributed by atoms with Crippen molar-refractivity contribution in [1.29, 1.82) is 0 Å². The first-order valence-corrected chi connectivity index (χ1v) is 9.86. The Labute approximate surface area is 154 Å². The van der Waals surface area contributed by atoms with E-state index in [1.165, 1.54) is 23.8 Å². The number of nitrogens with one attached hydrogen (secondary N) is 1. The number of imidazole rings is 1. The second-order valence-corrected chi connectivity index (χ2v) is 7.97. The maximum Gasteiger partial charge on any atom is 0.329 e. The molecule has 2 atom stereocenters. The molecule has 0 bridgehead atoms. The van der Waals surface area contributed by atoms with Crippen molar-refractivity contribution in [2.24, 2.45) is 18.9 Å². The van der Waals surface area contributed by atoms with Crippen LogP contribution in [0.5, 0.6) is 0 Å². The molecule has 1 fully saturated rings. The zero-order valence-corrected chi connectivity index (χ0v) is 16.4. The number of unbranched alkanes of at least 4 members (excludes halogenated alkanes) is 3.